The van der Waals surface area contributed by atoms with Crippen LogP contribution < -0.4 is 0 Å². The Morgan fingerprint density at radius 1 is 0.269 bits per heavy atom. The van der Waals surface area contributed by atoms with Crippen LogP contribution in [0.15, 0.2) is 48.6 Å². The summed E-state index contributed by atoms with van der Waals surface area (Å²) in [5, 5.41) is 0. The Kier molecular flexibility index (Phi) is 64.6. The zero-order valence-electron chi connectivity index (χ0n) is 52.5. The molecule has 6 heteroatoms. The van der Waals surface area contributed by atoms with Gasteiger partial charge in [-0.2, -0.15) is 0 Å². The minimum absolute atomic E-state index is 0.0807. The van der Waals surface area contributed by atoms with Crippen molar-refractivity contribution in [2.45, 2.75) is 380 Å². The van der Waals surface area contributed by atoms with Gasteiger partial charge in [-0.3, -0.25) is 14.4 Å². The number of ether oxygens (including phenoxy) is 3. The van der Waals surface area contributed by atoms with E-state index in [1.165, 1.54) is 250 Å². The molecular weight excluding hydrogens is 961 g/mol. The molecule has 1 unspecified atom stereocenters. The fourth-order valence-corrected chi connectivity index (χ4v) is 10.4. The predicted molar refractivity (Wildman–Crippen MR) is 339 cm³/mol. The fourth-order valence-electron chi connectivity index (χ4n) is 10.4. The van der Waals surface area contributed by atoms with Crippen LogP contribution in [0.1, 0.15) is 374 Å². The molecule has 78 heavy (non-hydrogen) atoms. The van der Waals surface area contributed by atoms with Gasteiger partial charge in [-0.15, -0.1) is 0 Å². The quantitative estimate of drug-likeness (QED) is 0.0261. The second-order valence-corrected chi connectivity index (χ2v) is 23.4. The molecule has 1 atom stereocenters. The summed E-state index contributed by atoms with van der Waals surface area (Å²) in [6.45, 7) is 6.55. The van der Waals surface area contributed by atoms with Gasteiger partial charge in [-0.25, -0.2) is 0 Å². The Morgan fingerprint density at radius 2 is 0.500 bits per heavy atom. The molecule has 0 amide bonds. The number of rotatable bonds is 64. The van der Waals surface area contributed by atoms with Crippen molar-refractivity contribution in [2.75, 3.05) is 13.2 Å². The second kappa shape index (κ2) is 66.9. The Hall–Kier alpha value is -2.63. The maximum Gasteiger partial charge on any atom is 0.306 e. The van der Waals surface area contributed by atoms with Gasteiger partial charge in [0.15, 0.2) is 6.10 Å². The lowest BCUT2D eigenvalue weighted by Gasteiger charge is -2.18. The number of esters is 3. The van der Waals surface area contributed by atoms with E-state index in [2.05, 4.69) is 69.4 Å². The van der Waals surface area contributed by atoms with Crippen molar-refractivity contribution in [1.29, 1.82) is 0 Å². The highest BCUT2D eigenvalue weighted by molar-refractivity contribution is 5.71. The topological polar surface area (TPSA) is 78.9 Å². The molecule has 0 aliphatic heterocycles. The van der Waals surface area contributed by atoms with Crippen LogP contribution in [0, 0.1) is 0 Å². The van der Waals surface area contributed by atoms with E-state index in [-0.39, 0.29) is 31.1 Å². The molecular formula is C72H132O6. The lowest BCUT2D eigenvalue weighted by atomic mass is 10.0. The summed E-state index contributed by atoms with van der Waals surface area (Å²) in [4.78, 5) is 38.3. The van der Waals surface area contributed by atoms with Crippen LogP contribution in [-0.2, 0) is 28.6 Å². The molecule has 6 nitrogen and oxygen atoms in total. The molecule has 0 bridgehead atoms. The number of unbranched alkanes of at least 4 members (excludes halogenated alkanes) is 45. The van der Waals surface area contributed by atoms with Crippen molar-refractivity contribution in [1.82, 2.24) is 0 Å². The lowest BCUT2D eigenvalue weighted by molar-refractivity contribution is -0.167. The van der Waals surface area contributed by atoms with Gasteiger partial charge in [-0.05, 0) is 77.0 Å². The van der Waals surface area contributed by atoms with Gasteiger partial charge in [-0.1, -0.05) is 326 Å². The molecule has 0 aromatic heterocycles. The third-order valence-corrected chi connectivity index (χ3v) is 15.6. The van der Waals surface area contributed by atoms with Crippen LogP contribution in [0.2, 0.25) is 0 Å². The number of hydrogen-bond donors (Lipinski definition) is 0. The summed E-state index contributed by atoms with van der Waals surface area (Å²) in [5.41, 5.74) is 0. The SMILES string of the molecule is CC/C=C\C/C=C\C/C=C\CCCCCC(=O)OCC(COC(=O)CCCCCCCCCCCCCCCCCCCCCCCCCCCCCCCC)OC(=O)CCCCCCCCC/C=C\CCCCCCCC. The van der Waals surface area contributed by atoms with Gasteiger partial charge in [0, 0.05) is 19.3 Å². The monoisotopic (exact) mass is 1090 g/mol. The van der Waals surface area contributed by atoms with Gasteiger partial charge in [0.2, 0.25) is 0 Å². The van der Waals surface area contributed by atoms with E-state index in [1.807, 2.05) is 0 Å². The molecule has 0 spiro atoms. The van der Waals surface area contributed by atoms with Gasteiger partial charge >= 0.3 is 17.9 Å². The number of carbonyl (C=O) groups excluding carboxylic acids is 3. The normalized spacial score (nSPS) is 12.3. The first-order valence-corrected chi connectivity index (χ1v) is 34.6. The summed E-state index contributed by atoms with van der Waals surface area (Å²) in [5.74, 6) is -0.894. The van der Waals surface area contributed by atoms with Crippen LogP contribution in [0.25, 0.3) is 0 Å². The maximum atomic E-state index is 12.9. The van der Waals surface area contributed by atoms with Gasteiger partial charge < -0.3 is 14.2 Å². The van der Waals surface area contributed by atoms with Crippen molar-refractivity contribution >= 4 is 17.9 Å². The van der Waals surface area contributed by atoms with E-state index in [9.17, 15) is 14.4 Å². The summed E-state index contributed by atoms with van der Waals surface area (Å²) < 4.78 is 16.9. The fraction of sp³-hybridized carbons (Fsp3) is 0.847. The third-order valence-electron chi connectivity index (χ3n) is 15.6. The van der Waals surface area contributed by atoms with E-state index in [1.54, 1.807) is 0 Å². The van der Waals surface area contributed by atoms with Crippen molar-refractivity contribution < 1.29 is 28.6 Å². The highest BCUT2D eigenvalue weighted by atomic mass is 16.6. The van der Waals surface area contributed by atoms with E-state index >= 15 is 0 Å². The standard InChI is InChI=1S/C72H132O6/c1-4-7-10-13-16-19-22-25-27-29-30-31-32-33-34-35-36-37-38-39-40-41-43-44-47-50-53-56-59-62-65-71(74)77-68-69(67-76-70(73)64-61-58-55-52-49-46-24-21-18-15-12-9-6-3)78-72(75)66-63-60-57-54-51-48-45-42-28-26-23-20-17-14-11-8-5-2/h9,12,18,21,26,28,46,49,69H,4-8,10-11,13-17,19-20,22-25,27,29-45,47-48,50-68H2,1-3H3/b12-9-,21-18-,28-26-,49-46-. The summed E-state index contributed by atoms with van der Waals surface area (Å²) >= 11 is 0. The first-order chi connectivity index (χ1) is 38.5. The van der Waals surface area contributed by atoms with E-state index < -0.39 is 6.10 Å². The average Bonchev–Trinajstić information content (AvgIpc) is 3.44. The van der Waals surface area contributed by atoms with E-state index in [0.717, 1.165) is 83.5 Å². The van der Waals surface area contributed by atoms with Crippen LogP contribution >= 0.6 is 0 Å². The summed E-state index contributed by atoms with van der Waals surface area (Å²) in [7, 11) is 0. The minimum atomic E-state index is -0.787. The molecule has 0 fully saturated rings. The zero-order valence-corrected chi connectivity index (χ0v) is 52.5. The molecule has 0 N–H and O–H groups in total. The summed E-state index contributed by atoms with van der Waals surface area (Å²) in [6.07, 6.45) is 84.4. The molecule has 0 rings (SSSR count). The second-order valence-electron chi connectivity index (χ2n) is 23.4. The maximum absolute atomic E-state index is 12.9. The van der Waals surface area contributed by atoms with Crippen LogP contribution in [0.5, 0.6) is 0 Å². The lowest BCUT2D eigenvalue weighted by Crippen LogP contribution is -2.30. The molecule has 456 valence electrons. The third kappa shape index (κ3) is 64.2. The first-order valence-electron chi connectivity index (χ1n) is 34.6. The Morgan fingerprint density at radius 3 is 0.808 bits per heavy atom. The average molecular weight is 1090 g/mol. The van der Waals surface area contributed by atoms with Crippen LogP contribution in [-0.4, -0.2) is 37.2 Å². The number of carbonyl (C=O) groups is 3. The molecule has 0 aromatic rings. The minimum Gasteiger partial charge on any atom is -0.462 e. The molecule has 0 aliphatic carbocycles. The van der Waals surface area contributed by atoms with E-state index in [0.29, 0.717) is 19.3 Å². The highest BCUT2D eigenvalue weighted by Crippen LogP contribution is 2.18. The molecule has 0 saturated heterocycles. The van der Waals surface area contributed by atoms with Gasteiger partial charge in [0.1, 0.15) is 13.2 Å². The molecule has 0 heterocycles. The van der Waals surface area contributed by atoms with Crippen molar-refractivity contribution in [3.8, 4) is 0 Å². The predicted octanol–water partition coefficient (Wildman–Crippen LogP) is 23.7. The first kappa shape index (κ1) is 75.4. The molecule has 0 saturated carbocycles. The summed E-state index contributed by atoms with van der Waals surface area (Å²) in [6, 6.07) is 0. The molecule has 0 radical (unpaired) electrons. The largest absolute Gasteiger partial charge is 0.462 e. The molecule has 0 aliphatic rings. The number of allylic oxidation sites excluding steroid dienone is 8. The smallest absolute Gasteiger partial charge is 0.306 e. The van der Waals surface area contributed by atoms with Crippen molar-refractivity contribution in [3.63, 3.8) is 0 Å². The Labute approximate surface area is 486 Å². The van der Waals surface area contributed by atoms with Gasteiger partial charge in [0.05, 0.1) is 0 Å². The molecule has 0 aromatic carbocycles. The van der Waals surface area contributed by atoms with Crippen molar-refractivity contribution in [3.05, 3.63) is 48.6 Å². The van der Waals surface area contributed by atoms with Crippen molar-refractivity contribution in [2.24, 2.45) is 0 Å². The van der Waals surface area contributed by atoms with Crippen LogP contribution in [0.3, 0.4) is 0 Å². The van der Waals surface area contributed by atoms with Crippen LogP contribution in [0.4, 0.5) is 0 Å². The zero-order chi connectivity index (χ0) is 56.4. The van der Waals surface area contributed by atoms with Gasteiger partial charge in [0.25, 0.3) is 0 Å². The Balaban J connectivity index is 4.16. The highest BCUT2D eigenvalue weighted by Gasteiger charge is 2.19. The number of hydrogen-bond acceptors (Lipinski definition) is 6. The Bertz CT molecular complexity index is 1350. The van der Waals surface area contributed by atoms with E-state index in [4.69, 9.17) is 14.2 Å².